The normalized spacial score (nSPS) is 17.3. The molecule has 1 saturated heterocycles. The molecule has 28 heavy (non-hydrogen) atoms. The molecule has 7 heteroatoms. The fourth-order valence-electron chi connectivity index (χ4n) is 3.65. The molecule has 1 aliphatic rings. The first-order chi connectivity index (χ1) is 13.1. The molecule has 1 fully saturated rings. The molecule has 1 aromatic rings. The Labute approximate surface area is 170 Å². The Bertz CT molecular complexity index is 737. The largest absolute Gasteiger partial charge is 0.339 e. The van der Waals surface area contributed by atoms with E-state index in [2.05, 4.69) is 57.3 Å². The van der Waals surface area contributed by atoms with Gasteiger partial charge >= 0.3 is 0 Å². The number of carbonyl (C=O) groups excluding carboxylic acids is 1. The summed E-state index contributed by atoms with van der Waals surface area (Å²) in [5, 5.41) is 3.41. The third-order valence-corrected chi connectivity index (χ3v) is 6.49. The molecule has 0 bridgehead atoms. The molecule has 0 radical (unpaired) electrons. The molecule has 0 aliphatic carbocycles. The first kappa shape index (κ1) is 22.8. The number of carbonyl (C=O) groups is 1. The van der Waals surface area contributed by atoms with Crippen molar-refractivity contribution in [2.45, 2.75) is 40.2 Å². The molecule has 6 nitrogen and oxygen atoms in total. The number of piperazine rings is 1. The number of amides is 1. The minimum atomic E-state index is -3.18. The highest BCUT2D eigenvalue weighted by atomic mass is 32.2. The zero-order valence-corrected chi connectivity index (χ0v) is 18.6. The molecule has 2 rings (SSSR count). The molecule has 0 aromatic heterocycles. The molecule has 0 saturated carbocycles. The number of hydrogen-bond donors (Lipinski definition) is 1. The van der Waals surface area contributed by atoms with E-state index in [0.29, 0.717) is 38.0 Å². The predicted octanol–water partition coefficient (Wildman–Crippen LogP) is 2.28. The lowest BCUT2D eigenvalue weighted by molar-refractivity contribution is -0.131. The van der Waals surface area contributed by atoms with E-state index in [0.717, 1.165) is 6.42 Å². The Hall–Kier alpha value is -1.44. The van der Waals surface area contributed by atoms with Crippen LogP contribution in [0.3, 0.4) is 0 Å². The van der Waals surface area contributed by atoms with Crippen LogP contribution in [0, 0.1) is 11.8 Å². The smallest absolute Gasteiger partial charge is 0.236 e. The quantitative estimate of drug-likeness (QED) is 0.715. The van der Waals surface area contributed by atoms with Gasteiger partial charge in [-0.25, -0.2) is 8.42 Å². The molecule has 1 aromatic carbocycles. The lowest BCUT2D eigenvalue weighted by Crippen LogP contribution is -2.52. The number of nitrogens with one attached hydrogen (secondary N) is 1. The van der Waals surface area contributed by atoms with Crippen molar-refractivity contribution < 1.29 is 13.2 Å². The van der Waals surface area contributed by atoms with Crippen LogP contribution in [0.2, 0.25) is 0 Å². The summed E-state index contributed by atoms with van der Waals surface area (Å²) >= 11 is 0. The fraction of sp³-hybridized carbons (Fsp3) is 0.667. The van der Waals surface area contributed by atoms with Crippen molar-refractivity contribution in [3.63, 3.8) is 0 Å². The first-order valence-corrected chi connectivity index (χ1v) is 12.0. The summed E-state index contributed by atoms with van der Waals surface area (Å²) < 4.78 is 24.6. The van der Waals surface area contributed by atoms with Gasteiger partial charge in [0, 0.05) is 32.2 Å². The summed E-state index contributed by atoms with van der Waals surface area (Å²) in [5.74, 6) is 1.01. The molecule has 1 heterocycles. The number of sulfonamides is 1. The fourth-order valence-corrected chi connectivity index (χ4v) is 4.48. The molecule has 158 valence electrons. The minimum absolute atomic E-state index is 0.0234. The predicted molar refractivity (Wildman–Crippen MR) is 114 cm³/mol. The maximum absolute atomic E-state index is 12.6. The van der Waals surface area contributed by atoms with E-state index in [1.165, 1.54) is 21.7 Å². The van der Waals surface area contributed by atoms with Gasteiger partial charge in [0.1, 0.15) is 0 Å². The second kappa shape index (κ2) is 9.85. The third kappa shape index (κ3) is 6.57. The highest BCUT2D eigenvalue weighted by Gasteiger charge is 2.26. The molecule has 1 amide bonds. The monoisotopic (exact) mass is 409 g/mol. The maximum atomic E-state index is 12.6. The van der Waals surface area contributed by atoms with E-state index in [1.54, 1.807) is 4.90 Å². The SMILES string of the molecule is CC(C)Cc1ccc(C(NCC(=O)N2CCN(S(C)(=O)=O)CC2)C(C)C)cc1. The van der Waals surface area contributed by atoms with Crippen molar-refractivity contribution in [3.8, 4) is 0 Å². The van der Waals surface area contributed by atoms with Crippen molar-refractivity contribution in [3.05, 3.63) is 35.4 Å². The van der Waals surface area contributed by atoms with Crippen LogP contribution in [0.4, 0.5) is 0 Å². The van der Waals surface area contributed by atoms with E-state index in [1.807, 2.05) is 0 Å². The number of benzene rings is 1. The number of hydrogen-bond acceptors (Lipinski definition) is 4. The van der Waals surface area contributed by atoms with E-state index in [-0.39, 0.29) is 18.5 Å². The summed E-state index contributed by atoms with van der Waals surface area (Å²) in [5.41, 5.74) is 2.53. The maximum Gasteiger partial charge on any atom is 0.236 e. The van der Waals surface area contributed by atoms with Crippen LogP contribution in [0.1, 0.15) is 44.9 Å². The summed E-state index contributed by atoms with van der Waals surface area (Å²) in [6.07, 6.45) is 2.28. The lowest BCUT2D eigenvalue weighted by Gasteiger charge is -2.34. The van der Waals surface area contributed by atoms with E-state index in [4.69, 9.17) is 0 Å². The van der Waals surface area contributed by atoms with Crippen LogP contribution in [-0.4, -0.2) is 62.5 Å². The van der Waals surface area contributed by atoms with Gasteiger partial charge < -0.3 is 10.2 Å². The van der Waals surface area contributed by atoms with Crippen LogP contribution in [0.5, 0.6) is 0 Å². The Balaban J connectivity index is 1.92. The molecule has 1 unspecified atom stereocenters. The highest BCUT2D eigenvalue weighted by molar-refractivity contribution is 7.88. The van der Waals surface area contributed by atoms with Crippen LogP contribution in [-0.2, 0) is 21.2 Å². The van der Waals surface area contributed by atoms with Gasteiger partial charge in [0.15, 0.2) is 0 Å². The van der Waals surface area contributed by atoms with Crippen molar-refractivity contribution in [2.75, 3.05) is 39.0 Å². The lowest BCUT2D eigenvalue weighted by atomic mass is 9.93. The summed E-state index contributed by atoms with van der Waals surface area (Å²) in [6.45, 7) is 10.6. The summed E-state index contributed by atoms with van der Waals surface area (Å²) in [6, 6.07) is 8.78. The van der Waals surface area contributed by atoms with Crippen molar-refractivity contribution in [1.29, 1.82) is 0 Å². The molecule has 1 atom stereocenters. The molecule has 1 N–H and O–H groups in total. The Morgan fingerprint density at radius 3 is 2.07 bits per heavy atom. The van der Waals surface area contributed by atoms with Crippen LogP contribution in [0.25, 0.3) is 0 Å². The van der Waals surface area contributed by atoms with Crippen molar-refractivity contribution in [2.24, 2.45) is 11.8 Å². The van der Waals surface area contributed by atoms with Crippen LogP contribution in [0.15, 0.2) is 24.3 Å². The second-order valence-electron chi connectivity index (χ2n) is 8.48. The van der Waals surface area contributed by atoms with Gasteiger partial charge in [0.25, 0.3) is 0 Å². The Morgan fingerprint density at radius 2 is 1.61 bits per heavy atom. The Morgan fingerprint density at radius 1 is 1.04 bits per heavy atom. The Kier molecular flexibility index (Phi) is 8.04. The van der Waals surface area contributed by atoms with Gasteiger partial charge in [-0.2, -0.15) is 4.31 Å². The molecular formula is C21H35N3O3S. The highest BCUT2D eigenvalue weighted by Crippen LogP contribution is 2.22. The minimum Gasteiger partial charge on any atom is -0.339 e. The molecule has 0 spiro atoms. The zero-order chi connectivity index (χ0) is 20.9. The van der Waals surface area contributed by atoms with Gasteiger partial charge in [0.05, 0.1) is 12.8 Å². The van der Waals surface area contributed by atoms with Gasteiger partial charge in [-0.15, -0.1) is 0 Å². The van der Waals surface area contributed by atoms with E-state index >= 15 is 0 Å². The average Bonchev–Trinajstić information content (AvgIpc) is 2.61. The van der Waals surface area contributed by atoms with Crippen LogP contribution < -0.4 is 5.32 Å². The van der Waals surface area contributed by atoms with Gasteiger partial charge in [0.2, 0.25) is 15.9 Å². The van der Waals surface area contributed by atoms with Crippen molar-refractivity contribution in [1.82, 2.24) is 14.5 Å². The number of nitrogens with zero attached hydrogens (tertiary/aromatic N) is 2. The van der Waals surface area contributed by atoms with E-state index in [9.17, 15) is 13.2 Å². The van der Waals surface area contributed by atoms with Crippen molar-refractivity contribution >= 4 is 15.9 Å². The average molecular weight is 410 g/mol. The summed E-state index contributed by atoms with van der Waals surface area (Å²) in [4.78, 5) is 14.3. The topological polar surface area (TPSA) is 69.7 Å². The standard InChI is InChI=1S/C21H35N3O3S/c1-16(2)14-18-6-8-19(9-7-18)21(17(3)4)22-15-20(25)23-10-12-24(13-11-23)28(5,26)27/h6-9,16-17,21-22H,10-15H2,1-5H3. The third-order valence-electron chi connectivity index (χ3n) is 5.18. The second-order valence-corrected chi connectivity index (χ2v) is 10.5. The first-order valence-electron chi connectivity index (χ1n) is 10.1. The van der Waals surface area contributed by atoms with Gasteiger partial charge in [-0.3, -0.25) is 4.79 Å². The zero-order valence-electron chi connectivity index (χ0n) is 17.8. The van der Waals surface area contributed by atoms with Gasteiger partial charge in [-0.1, -0.05) is 52.0 Å². The van der Waals surface area contributed by atoms with Gasteiger partial charge in [-0.05, 0) is 29.4 Å². The summed E-state index contributed by atoms with van der Waals surface area (Å²) in [7, 11) is -3.18. The number of rotatable bonds is 8. The van der Waals surface area contributed by atoms with E-state index < -0.39 is 10.0 Å². The molecular weight excluding hydrogens is 374 g/mol. The molecule has 1 aliphatic heterocycles. The van der Waals surface area contributed by atoms with Crippen LogP contribution >= 0.6 is 0 Å².